The Labute approximate surface area is 184 Å². The fourth-order valence-corrected chi connectivity index (χ4v) is 4.49. The summed E-state index contributed by atoms with van der Waals surface area (Å²) < 4.78 is 1.83. The third-order valence-corrected chi connectivity index (χ3v) is 6.21. The lowest BCUT2D eigenvalue weighted by Gasteiger charge is -2.43. The van der Waals surface area contributed by atoms with Gasteiger partial charge in [-0.2, -0.15) is 0 Å². The van der Waals surface area contributed by atoms with Crippen molar-refractivity contribution in [3.05, 3.63) is 42.2 Å². The maximum absolute atomic E-state index is 13.2. The van der Waals surface area contributed by atoms with Crippen molar-refractivity contribution in [2.45, 2.75) is 44.8 Å². The fourth-order valence-electron chi connectivity index (χ4n) is 4.49. The molecule has 5 rings (SSSR count). The smallest absolute Gasteiger partial charge is 0.254 e. The van der Waals surface area contributed by atoms with Crippen LogP contribution in [0.3, 0.4) is 0 Å². The maximum Gasteiger partial charge on any atom is 0.254 e. The quantitative estimate of drug-likeness (QED) is 0.449. The normalized spacial score (nSPS) is 21.7. The highest BCUT2D eigenvalue weighted by atomic mass is 16.3. The molecule has 0 saturated carbocycles. The number of nitrogen functional groups attached to an aromatic ring is 1. The highest BCUT2D eigenvalue weighted by Crippen LogP contribution is 2.34. The minimum atomic E-state index is -1.18. The molecule has 10 nitrogen and oxygen atoms in total. The lowest BCUT2D eigenvalue weighted by atomic mass is 9.88. The molecular formula is C22H26N8O2. The summed E-state index contributed by atoms with van der Waals surface area (Å²) >= 11 is 0. The van der Waals surface area contributed by atoms with Crippen molar-refractivity contribution < 1.29 is 9.90 Å². The third kappa shape index (κ3) is 3.27. The molecule has 0 aliphatic carbocycles. The lowest BCUT2D eigenvalue weighted by molar-refractivity contribution is -0.0479. The van der Waals surface area contributed by atoms with Crippen molar-refractivity contribution in [1.29, 1.82) is 0 Å². The number of H-pyrrole nitrogens is 1. The van der Waals surface area contributed by atoms with E-state index in [9.17, 15) is 9.90 Å². The summed E-state index contributed by atoms with van der Waals surface area (Å²) in [4.78, 5) is 35.4. The SMILES string of the molecule is CC(C)c1nc2ccc(C(=O)N3CC[C@H](n4cnc5c(N)ncnc54)[C@@](C)(O)C3)cc2[nH]1. The Morgan fingerprint density at radius 2 is 2.12 bits per heavy atom. The van der Waals surface area contributed by atoms with Crippen LogP contribution >= 0.6 is 0 Å². The van der Waals surface area contributed by atoms with Crippen LogP contribution in [0.1, 0.15) is 55.3 Å². The van der Waals surface area contributed by atoms with E-state index >= 15 is 0 Å². The van der Waals surface area contributed by atoms with Gasteiger partial charge in [-0.1, -0.05) is 13.8 Å². The Bertz CT molecular complexity index is 1320. The van der Waals surface area contributed by atoms with Gasteiger partial charge >= 0.3 is 0 Å². The van der Waals surface area contributed by atoms with E-state index in [-0.39, 0.29) is 24.4 Å². The molecule has 4 heterocycles. The van der Waals surface area contributed by atoms with Crippen LogP contribution in [0.2, 0.25) is 0 Å². The van der Waals surface area contributed by atoms with Gasteiger partial charge in [0.1, 0.15) is 23.3 Å². The third-order valence-electron chi connectivity index (χ3n) is 6.21. The van der Waals surface area contributed by atoms with Gasteiger partial charge in [0, 0.05) is 18.0 Å². The van der Waals surface area contributed by atoms with Crippen LogP contribution in [0.25, 0.3) is 22.2 Å². The Hall–Kier alpha value is -3.53. The monoisotopic (exact) mass is 434 g/mol. The van der Waals surface area contributed by atoms with Crippen LogP contribution in [-0.2, 0) is 0 Å². The average Bonchev–Trinajstić information content (AvgIpc) is 3.37. The number of likely N-dealkylation sites (tertiary alicyclic amines) is 1. The van der Waals surface area contributed by atoms with Crippen molar-refractivity contribution in [3.63, 3.8) is 0 Å². The zero-order valence-corrected chi connectivity index (χ0v) is 18.3. The summed E-state index contributed by atoms with van der Waals surface area (Å²) in [7, 11) is 0. The van der Waals surface area contributed by atoms with Gasteiger partial charge in [0.25, 0.3) is 5.91 Å². The number of imidazole rings is 2. The van der Waals surface area contributed by atoms with Crippen molar-refractivity contribution in [2.75, 3.05) is 18.8 Å². The second kappa shape index (κ2) is 7.27. The standard InChI is InChI=1S/C22H26N8O2/c1-12(2)19-27-14-5-4-13(8-15(14)28-19)21(31)29-7-6-16(22(3,32)9-29)30-11-26-17-18(23)24-10-25-20(17)30/h4-5,8,10-12,16,32H,6-7,9H2,1-3H3,(H,27,28)(H2,23,24,25)/t16-,22-/m0/s1. The number of fused-ring (bicyclic) bond motifs is 2. The van der Waals surface area contributed by atoms with Crippen LogP contribution in [0.5, 0.6) is 0 Å². The van der Waals surface area contributed by atoms with Gasteiger partial charge in [-0.05, 0) is 31.5 Å². The number of benzene rings is 1. The topological polar surface area (TPSA) is 139 Å². The van der Waals surface area contributed by atoms with E-state index in [4.69, 9.17) is 5.73 Å². The molecule has 1 saturated heterocycles. The molecule has 0 radical (unpaired) electrons. The van der Waals surface area contributed by atoms with Crippen LogP contribution in [0, 0.1) is 0 Å². The van der Waals surface area contributed by atoms with Crippen molar-refractivity contribution in [2.24, 2.45) is 0 Å². The Morgan fingerprint density at radius 1 is 1.31 bits per heavy atom. The van der Waals surface area contributed by atoms with Crippen LogP contribution in [0.15, 0.2) is 30.9 Å². The van der Waals surface area contributed by atoms with Crippen molar-refractivity contribution >= 4 is 33.9 Å². The van der Waals surface area contributed by atoms with Gasteiger partial charge in [-0.15, -0.1) is 0 Å². The lowest BCUT2D eigenvalue weighted by Crippen LogP contribution is -2.54. The van der Waals surface area contributed by atoms with Gasteiger partial charge in [-0.3, -0.25) is 4.79 Å². The van der Waals surface area contributed by atoms with Gasteiger partial charge in [0.05, 0.1) is 29.9 Å². The summed E-state index contributed by atoms with van der Waals surface area (Å²) in [5.41, 5.74) is 8.05. The van der Waals surface area contributed by atoms with Gasteiger partial charge in [0.15, 0.2) is 11.5 Å². The zero-order chi connectivity index (χ0) is 22.6. The molecule has 4 aromatic rings. The van der Waals surface area contributed by atoms with E-state index in [1.807, 2.05) is 16.7 Å². The Balaban J connectivity index is 1.40. The minimum Gasteiger partial charge on any atom is -0.386 e. The van der Waals surface area contributed by atoms with E-state index in [1.165, 1.54) is 6.33 Å². The number of amides is 1. The number of nitrogens with two attached hydrogens (primary N) is 1. The number of carbonyl (C=O) groups is 1. The van der Waals surface area contributed by atoms with E-state index in [0.717, 1.165) is 16.9 Å². The summed E-state index contributed by atoms with van der Waals surface area (Å²) in [6.07, 6.45) is 3.57. The molecule has 3 aromatic heterocycles. The van der Waals surface area contributed by atoms with Crippen LogP contribution in [0.4, 0.5) is 5.82 Å². The van der Waals surface area contributed by atoms with E-state index in [1.54, 1.807) is 24.2 Å². The predicted octanol–water partition coefficient (Wildman–Crippen LogP) is 2.25. The summed E-state index contributed by atoms with van der Waals surface area (Å²) in [5, 5.41) is 11.3. The molecule has 1 aromatic carbocycles. The Morgan fingerprint density at radius 3 is 2.88 bits per heavy atom. The molecule has 0 bridgehead atoms. The number of piperidine rings is 1. The molecule has 2 atom stereocenters. The zero-order valence-electron chi connectivity index (χ0n) is 18.3. The highest BCUT2D eigenvalue weighted by Gasteiger charge is 2.41. The number of aromatic nitrogens is 6. The molecule has 10 heteroatoms. The number of β-amino-alcohol motifs (C(OH)–C–C–N with tert-alkyl or cyclic N) is 1. The number of hydrogen-bond acceptors (Lipinski definition) is 7. The summed E-state index contributed by atoms with van der Waals surface area (Å²) in [6, 6.07) is 5.19. The number of anilines is 1. The molecule has 0 spiro atoms. The molecule has 4 N–H and O–H groups in total. The van der Waals surface area contributed by atoms with Gasteiger partial charge < -0.3 is 25.3 Å². The molecule has 1 aliphatic rings. The number of aromatic amines is 1. The molecule has 0 unspecified atom stereocenters. The predicted molar refractivity (Wildman–Crippen MR) is 120 cm³/mol. The molecule has 1 amide bonds. The Kier molecular flexibility index (Phi) is 4.63. The number of nitrogens with one attached hydrogen (secondary N) is 1. The summed E-state index contributed by atoms with van der Waals surface area (Å²) in [6.45, 7) is 6.56. The number of rotatable bonds is 3. The minimum absolute atomic E-state index is 0.117. The molecule has 32 heavy (non-hydrogen) atoms. The van der Waals surface area contributed by atoms with E-state index in [0.29, 0.717) is 35.5 Å². The number of aliphatic hydroxyl groups is 1. The highest BCUT2D eigenvalue weighted by molar-refractivity contribution is 5.97. The average molecular weight is 435 g/mol. The van der Waals surface area contributed by atoms with Gasteiger partial charge in [-0.25, -0.2) is 19.9 Å². The first-order valence-electron chi connectivity index (χ1n) is 10.7. The van der Waals surface area contributed by atoms with Gasteiger partial charge in [0.2, 0.25) is 0 Å². The summed E-state index contributed by atoms with van der Waals surface area (Å²) in [5.74, 6) is 1.35. The largest absolute Gasteiger partial charge is 0.386 e. The molecule has 1 aliphatic heterocycles. The maximum atomic E-state index is 13.2. The van der Waals surface area contributed by atoms with Crippen LogP contribution in [-0.4, -0.2) is 64.1 Å². The molecule has 1 fully saturated rings. The molecule has 166 valence electrons. The number of carbonyl (C=O) groups excluding carboxylic acids is 1. The van der Waals surface area contributed by atoms with E-state index in [2.05, 4.69) is 38.8 Å². The molecular weight excluding hydrogens is 408 g/mol. The second-order valence-electron chi connectivity index (χ2n) is 8.98. The fraction of sp³-hybridized carbons (Fsp3) is 0.409. The first-order chi connectivity index (χ1) is 15.2. The second-order valence-corrected chi connectivity index (χ2v) is 8.98. The number of nitrogens with zero attached hydrogens (tertiary/aromatic N) is 6. The van der Waals surface area contributed by atoms with Crippen LogP contribution < -0.4 is 5.73 Å². The first kappa shape index (κ1) is 20.4. The van der Waals surface area contributed by atoms with Crippen molar-refractivity contribution in [3.8, 4) is 0 Å². The van der Waals surface area contributed by atoms with E-state index < -0.39 is 5.60 Å². The number of hydrogen-bond donors (Lipinski definition) is 3. The first-order valence-corrected chi connectivity index (χ1v) is 10.7. The van der Waals surface area contributed by atoms with Crippen molar-refractivity contribution in [1.82, 2.24) is 34.4 Å².